The minimum absolute atomic E-state index is 0. The lowest BCUT2D eigenvalue weighted by Crippen LogP contribution is -2.50. The monoisotopic (exact) mass is 297 g/mol. The van der Waals surface area contributed by atoms with Gasteiger partial charge in [-0.2, -0.15) is 0 Å². The van der Waals surface area contributed by atoms with Crippen molar-refractivity contribution in [3.63, 3.8) is 0 Å². The Hall–Kier alpha value is -1.10. The Morgan fingerprint density at radius 3 is 2.45 bits per heavy atom. The predicted molar refractivity (Wildman–Crippen MR) is 84.2 cm³/mol. The summed E-state index contributed by atoms with van der Waals surface area (Å²) in [7, 11) is 1.81. The highest BCUT2D eigenvalue weighted by Gasteiger charge is 2.20. The van der Waals surface area contributed by atoms with E-state index in [2.05, 4.69) is 41.4 Å². The maximum Gasteiger partial charge on any atom is 0.236 e. The summed E-state index contributed by atoms with van der Waals surface area (Å²) in [5.41, 5.74) is 2.73. The Labute approximate surface area is 127 Å². The van der Waals surface area contributed by atoms with Gasteiger partial charge in [-0.1, -0.05) is 24.3 Å². The molecule has 0 spiro atoms. The number of nitrogens with one attached hydrogen (secondary N) is 1. The second-order valence-electron chi connectivity index (χ2n) is 5.11. The van der Waals surface area contributed by atoms with Crippen LogP contribution in [0.5, 0.6) is 0 Å². The van der Waals surface area contributed by atoms with E-state index in [4.69, 9.17) is 0 Å². The average molecular weight is 298 g/mol. The van der Waals surface area contributed by atoms with Crippen LogP contribution >= 0.6 is 12.4 Å². The van der Waals surface area contributed by atoms with E-state index in [1.165, 1.54) is 11.1 Å². The van der Waals surface area contributed by atoms with Crippen molar-refractivity contribution in [2.45, 2.75) is 13.5 Å². The number of carbonyl (C=O) groups is 1. The van der Waals surface area contributed by atoms with Crippen molar-refractivity contribution in [2.75, 3.05) is 39.8 Å². The fourth-order valence-corrected chi connectivity index (χ4v) is 2.45. The lowest BCUT2D eigenvalue weighted by molar-refractivity contribution is -0.131. The number of rotatable bonds is 4. The van der Waals surface area contributed by atoms with Crippen LogP contribution in [0, 0.1) is 6.92 Å². The van der Waals surface area contributed by atoms with Crippen molar-refractivity contribution >= 4 is 18.3 Å². The quantitative estimate of drug-likeness (QED) is 0.909. The molecule has 5 heteroatoms. The van der Waals surface area contributed by atoms with Gasteiger partial charge < -0.3 is 10.2 Å². The number of nitrogens with zero attached hydrogens (tertiary/aromatic N) is 2. The van der Waals surface area contributed by atoms with E-state index in [0.29, 0.717) is 6.54 Å². The first-order chi connectivity index (χ1) is 9.20. The molecule has 1 N–H and O–H groups in total. The summed E-state index contributed by atoms with van der Waals surface area (Å²) in [5, 5.41) is 2.92. The molecule has 1 saturated heterocycles. The summed E-state index contributed by atoms with van der Waals surface area (Å²) >= 11 is 0. The first-order valence-corrected chi connectivity index (χ1v) is 6.90. The summed E-state index contributed by atoms with van der Waals surface area (Å²) in [4.78, 5) is 16.1. The molecule has 20 heavy (non-hydrogen) atoms. The molecule has 2 rings (SSSR count). The molecule has 112 valence electrons. The molecular formula is C15H24ClN3O. The molecule has 1 aliphatic rings. The number of likely N-dealkylation sites (N-methyl/N-ethyl adjacent to an activating group) is 1. The lowest BCUT2D eigenvalue weighted by Gasteiger charge is -2.35. The Kier molecular flexibility index (Phi) is 6.99. The van der Waals surface area contributed by atoms with Gasteiger partial charge in [-0.3, -0.25) is 9.69 Å². The topological polar surface area (TPSA) is 35.6 Å². The number of piperazine rings is 1. The van der Waals surface area contributed by atoms with Gasteiger partial charge >= 0.3 is 0 Å². The second kappa shape index (κ2) is 8.25. The average Bonchev–Trinajstić information content (AvgIpc) is 2.42. The molecule has 0 bridgehead atoms. The molecule has 1 amide bonds. The van der Waals surface area contributed by atoms with Crippen molar-refractivity contribution in [1.29, 1.82) is 0 Å². The zero-order valence-corrected chi connectivity index (χ0v) is 13.1. The van der Waals surface area contributed by atoms with Crippen molar-refractivity contribution in [3.8, 4) is 0 Å². The summed E-state index contributed by atoms with van der Waals surface area (Å²) in [5.74, 6) is 0.207. The number of amides is 1. The minimum atomic E-state index is 0. The zero-order chi connectivity index (χ0) is 13.7. The highest BCUT2D eigenvalue weighted by Crippen LogP contribution is 2.12. The molecule has 1 fully saturated rings. The Bertz CT molecular complexity index is 431. The molecule has 0 aliphatic carbocycles. The second-order valence-corrected chi connectivity index (χ2v) is 5.11. The summed E-state index contributed by atoms with van der Waals surface area (Å²) < 4.78 is 0. The summed E-state index contributed by atoms with van der Waals surface area (Å²) in [6.07, 6.45) is 0. The first-order valence-electron chi connectivity index (χ1n) is 6.90. The third-order valence-corrected chi connectivity index (χ3v) is 3.71. The smallest absolute Gasteiger partial charge is 0.236 e. The van der Waals surface area contributed by atoms with Gasteiger partial charge in [0.15, 0.2) is 0 Å². The molecule has 0 unspecified atom stereocenters. The van der Waals surface area contributed by atoms with Crippen LogP contribution in [0.3, 0.4) is 0 Å². The van der Waals surface area contributed by atoms with E-state index in [1.807, 2.05) is 11.9 Å². The SMILES string of the molecule is CNCC(=O)N1CCN(Cc2ccccc2C)CC1.Cl. The molecule has 0 radical (unpaired) electrons. The van der Waals surface area contributed by atoms with E-state index in [0.717, 1.165) is 32.7 Å². The van der Waals surface area contributed by atoms with Crippen LogP contribution < -0.4 is 5.32 Å². The van der Waals surface area contributed by atoms with Crippen LogP contribution in [0.25, 0.3) is 0 Å². The number of aryl methyl sites for hydroxylation is 1. The molecule has 4 nitrogen and oxygen atoms in total. The van der Waals surface area contributed by atoms with Gasteiger partial charge in [0.25, 0.3) is 0 Å². The van der Waals surface area contributed by atoms with E-state index >= 15 is 0 Å². The Balaban J connectivity index is 0.00000200. The fourth-order valence-electron chi connectivity index (χ4n) is 2.45. The summed E-state index contributed by atoms with van der Waals surface area (Å²) in [6, 6.07) is 8.51. The zero-order valence-electron chi connectivity index (χ0n) is 12.3. The van der Waals surface area contributed by atoms with E-state index in [1.54, 1.807) is 0 Å². The van der Waals surface area contributed by atoms with Crippen LogP contribution in [0.4, 0.5) is 0 Å². The van der Waals surface area contributed by atoms with E-state index < -0.39 is 0 Å². The molecule has 0 aromatic heterocycles. The van der Waals surface area contributed by atoms with Gasteiger partial charge in [-0.15, -0.1) is 12.4 Å². The molecule has 1 aliphatic heterocycles. The summed E-state index contributed by atoms with van der Waals surface area (Å²) in [6.45, 7) is 7.19. The van der Waals surface area contributed by atoms with Gasteiger partial charge in [0, 0.05) is 32.7 Å². The van der Waals surface area contributed by atoms with Crippen molar-refractivity contribution in [3.05, 3.63) is 35.4 Å². The highest BCUT2D eigenvalue weighted by atomic mass is 35.5. The van der Waals surface area contributed by atoms with E-state index in [9.17, 15) is 4.79 Å². The van der Waals surface area contributed by atoms with Crippen molar-refractivity contribution in [2.24, 2.45) is 0 Å². The third kappa shape index (κ3) is 4.47. The number of hydrogen-bond donors (Lipinski definition) is 1. The molecule has 1 aromatic rings. The number of benzene rings is 1. The fraction of sp³-hybridized carbons (Fsp3) is 0.533. The Morgan fingerprint density at radius 1 is 1.20 bits per heavy atom. The Morgan fingerprint density at radius 2 is 1.85 bits per heavy atom. The largest absolute Gasteiger partial charge is 0.339 e. The van der Waals surface area contributed by atoms with Crippen LogP contribution in [0.2, 0.25) is 0 Å². The maximum absolute atomic E-state index is 11.8. The van der Waals surface area contributed by atoms with Gasteiger partial charge in [-0.05, 0) is 25.1 Å². The highest BCUT2D eigenvalue weighted by molar-refractivity contribution is 5.85. The number of carbonyl (C=O) groups excluding carboxylic acids is 1. The predicted octanol–water partition coefficient (Wildman–Crippen LogP) is 1.28. The van der Waals surface area contributed by atoms with Gasteiger partial charge in [0.1, 0.15) is 0 Å². The molecule has 0 atom stereocenters. The lowest BCUT2D eigenvalue weighted by atomic mass is 10.1. The van der Waals surface area contributed by atoms with Crippen LogP contribution in [-0.2, 0) is 11.3 Å². The molecule has 0 saturated carbocycles. The van der Waals surface area contributed by atoms with Gasteiger partial charge in [-0.25, -0.2) is 0 Å². The molecular weight excluding hydrogens is 274 g/mol. The number of halogens is 1. The molecule has 1 aromatic carbocycles. The van der Waals surface area contributed by atoms with Gasteiger partial charge in [0.05, 0.1) is 6.54 Å². The standard InChI is InChI=1S/C15H23N3O.ClH/c1-13-5-3-4-6-14(13)12-17-7-9-18(10-8-17)15(19)11-16-2;/h3-6,16H,7-12H2,1-2H3;1H. The van der Waals surface area contributed by atoms with Crippen molar-refractivity contribution < 1.29 is 4.79 Å². The first kappa shape index (κ1) is 17.0. The van der Waals surface area contributed by atoms with Crippen LogP contribution in [0.15, 0.2) is 24.3 Å². The van der Waals surface area contributed by atoms with Crippen LogP contribution in [-0.4, -0.2) is 55.5 Å². The van der Waals surface area contributed by atoms with Crippen molar-refractivity contribution in [1.82, 2.24) is 15.1 Å². The minimum Gasteiger partial charge on any atom is -0.339 e. The van der Waals surface area contributed by atoms with E-state index in [-0.39, 0.29) is 18.3 Å². The van der Waals surface area contributed by atoms with Gasteiger partial charge in [0.2, 0.25) is 5.91 Å². The normalized spacial score (nSPS) is 15.8. The van der Waals surface area contributed by atoms with Crippen LogP contribution in [0.1, 0.15) is 11.1 Å². The number of hydrogen-bond acceptors (Lipinski definition) is 3. The maximum atomic E-state index is 11.8. The molecule has 1 heterocycles. The third-order valence-electron chi connectivity index (χ3n) is 3.71.